The van der Waals surface area contributed by atoms with Crippen LogP contribution >= 0.6 is 0 Å². The summed E-state index contributed by atoms with van der Waals surface area (Å²) in [5.74, 6) is 0. The first-order valence-electron chi connectivity index (χ1n) is 22.0. The van der Waals surface area contributed by atoms with Crippen molar-refractivity contribution in [3.63, 3.8) is 0 Å². The van der Waals surface area contributed by atoms with Crippen molar-refractivity contribution in [2.24, 2.45) is 0 Å². The molecule has 64 heavy (non-hydrogen) atoms. The SMILES string of the molecule is Cc1cc2cc(C)cc3c4c(-c5ccc6ccc7cccnc7c6n5)c5cc6c(cc5c(-c5ccc7ccc8cccnc8c7n5)c4c(c1)c23)c1cccc2c3ccccc3cc6c21. The van der Waals surface area contributed by atoms with Crippen molar-refractivity contribution in [2.75, 3.05) is 0 Å². The number of hydrogen-bond acceptors (Lipinski definition) is 4. The molecule has 0 atom stereocenters. The van der Waals surface area contributed by atoms with Crippen molar-refractivity contribution in [2.45, 2.75) is 13.8 Å². The lowest BCUT2D eigenvalue weighted by Crippen LogP contribution is -1.95. The molecule has 0 unspecified atom stereocenters. The molecule has 4 aromatic heterocycles. The molecule has 0 saturated heterocycles. The maximum Gasteiger partial charge on any atom is 0.0972 e. The van der Waals surface area contributed by atoms with E-state index in [0.29, 0.717) is 0 Å². The van der Waals surface area contributed by atoms with Crippen LogP contribution in [0.1, 0.15) is 11.1 Å². The van der Waals surface area contributed by atoms with Crippen molar-refractivity contribution in [1.82, 2.24) is 19.9 Å². The molecular formula is C60H34N4. The Morgan fingerprint density at radius 2 is 0.766 bits per heavy atom. The Hall–Kier alpha value is -8.34. The van der Waals surface area contributed by atoms with Crippen LogP contribution in [0.3, 0.4) is 0 Å². The first-order chi connectivity index (χ1) is 31.5. The van der Waals surface area contributed by atoms with E-state index < -0.39 is 0 Å². The second kappa shape index (κ2) is 12.2. The standard InChI is InChI=1S/C60H34N4/c1-31-24-38-25-32(2)27-48-51(38)47(26-31)55-53(49-20-18-35-16-14-33-9-6-22-61-57(33)59(35)63-49)45-29-42-41-13-5-12-40-39-11-4-3-8-37(39)28-44(52(40)41)43(42)30-46(45)54(56(48)55)50-21-19-36-17-15-34-10-7-23-62-58(34)60(36)64-50/h3-30H,1-2H3. The zero-order valence-electron chi connectivity index (χ0n) is 35.0. The number of nitrogens with zero attached hydrogens (tertiary/aromatic N) is 4. The second-order valence-corrected chi connectivity index (χ2v) is 17.9. The molecule has 0 aliphatic rings. The molecule has 4 heteroatoms. The molecule has 0 bridgehead atoms. The molecule has 0 N–H and O–H groups in total. The smallest absolute Gasteiger partial charge is 0.0972 e. The van der Waals surface area contributed by atoms with Gasteiger partial charge in [-0.25, -0.2) is 9.97 Å². The van der Waals surface area contributed by atoms with Crippen LogP contribution in [0.2, 0.25) is 0 Å². The van der Waals surface area contributed by atoms with Crippen LogP contribution in [0.5, 0.6) is 0 Å². The van der Waals surface area contributed by atoms with Gasteiger partial charge in [0.2, 0.25) is 0 Å². The molecule has 15 rings (SSSR count). The lowest BCUT2D eigenvalue weighted by molar-refractivity contribution is 1.37. The zero-order chi connectivity index (χ0) is 41.9. The van der Waals surface area contributed by atoms with Crippen molar-refractivity contribution in [3.8, 4) is 22.5 Å². The van der Waals surface area contributed by atoms with E-state index in [2.05, 4.69) is 159 Å². The highest BCUT2D eigenvalue weighted by Crippen LogP contribution is 2.54. The van der Waals surface area contributed by atoms with E-state index in [9.17, 15) is 0 Å². The summed E-state index contributed by atoms with van der Waals surface area (Å²) in [6, 6.07) is 58.3. The van der Waals surface area contributed by atoms with Crippen LogP contribution in [-0.2, 0) is 0 Å². The predicted molar refractivity (Wildman–Crippen MR) is 270 cm³/mol. The maximum absolute atomic E-state index is 5.67. The molecule has 294 valence electrons. The molecule has 0 aliphatic carbocycles. The Kier molecular flexibility index (Phi) is 6.52. The molecule has 0 spiro atoms. The van der Waals surface area contributed by atoms with Crippen molar-refractivity contribution in [3.05, 3.63) is 181 Å². The van der Waals surface area contributed by atoms with Gasteiger partial charge in [-0.05, 0) is 143 Å². The summed E-state index contributed by atoms with van der Waals surface area (Å²) < 4.78 is 0. The Labute approximate surface area is 365 Å². The van der Waals surface area contributed by atoms with Gasteiger partial charge in [0.25, 0.3) is 0 Å². The Balaban J connectivity index is 1.22. The van der Waals surface area contributed by atoms with Crippen LogP contribution < -0.4 is 0 Å². The number of pyridine rings is 4. The van der Waals surface area contributed by atoms with Crippen LogP contribution in [0.4, 0.5) is 0 Å². The summed E-state index contributed by atoms with van der Waals surface area (Å²) in [5.41, 5.74) is 10.2. The fraction of sp³-hybridized carbons (Fsp3) is 0.0333. The van der Waals surface area contributed by atoms with Crippen LogP contribution in [-0.4, -0.2) is 19.9 Å². The molecule has 4 nitrogen and oxygen atoms in total. The molecule has 11 aromatic carbocycles. The van der Waals surface area contributed by atoms with Crippen LogP contribution in [0, 0.1) is 13.8 Å². The first-order valence-corrected chi connectivity index (χ1v) is 22.0. The molecule has 4 heterocycles. The van der Waals surface area contributed by atoms with E-state index >= 15 is 0 Å². The monoisotopic (exact) mass is 810 g/mol. The number of aromatic nitrogens is 4. The average Bonchev–Trinajstić information content (AvgIpc) is 3.81. The predicted octanol–water partition coefficient (Wildman–Crippen LogP) is 15.9. The highest BCUT2D eigenvalue weighted by atomic mass is 14.8. The number of benzene rings is 9. The molecule has 0 saturated carbocycles. The lowest BCUT2D eigenvalue weighted by atomic mass is 9.87. The average molecular weight is 811 g/mol. The number of aryl methyl sites for hydroxylation is 2. The summed E-state index contributed by atoms with van der Waals surface area (Å²) in [6.07, 6.45) is 3.75. The van der Waals surface area contributed by atoms with E-state index in [-0.39, 0.29) is 0 Å². The summed E-state index contributed by atoms with van der Waals surface area (Å²) in [7, 11) is 0. The van der Waals surface area contributed by atoms with Gasteiger partial charge >= 0.3 is 0 Å². The lowest BCUT2D eigenvalue weighted by Gasteiger charge is -2.17. The van der Waals surface area contributed by atoms with Crippen LogP contribution in [0.15, 0.2) is 170 Å². The van der Waals surface area contributed by atoms with E-state index in [4.69, 9.17) is 19.9 Å². The number of rotatable bonds is 2. The van der Waals surface area contributed by atoms with Crippen molar-refractivity contribution in [1.29, 1.82) is 0 Å². The van der Waals surface area contributed by atoms with Gasteiger partial charge in [0, 0.05) is 55.8 Å². The maximum atomic E-state index is 5.67. The third-order valence-electron chi connectivity index (χ3n) is 14.2. The van der Waals surface area contributed by atoms with E-state index in [1.54, 1.807) is 0 Å². The van der Waals surface area contributed by atoms with Gasteiger partial charge in [-0.3, -0.25) is 9.97 Å². The van der Waals surface area contributed by atoms with E-state index in [1.807, 2.05) is 24.5 Å². The Morgan fingerprint density at radius 3 is 1.36 bits per heavy atom. The fourth-order valence-electron chi connectivity index (χ4n) is 11.6. The third kappa shape index (κ3) is 4.46. The van der Waals surface area contributed by atoms with E-state index in [1.165, 1.54) is 86.5 Å². The van der Waals surface area contributed by atoms with Crippen molar-refractivity contribution < 1.29 is 0 Å². The number of hydrogen-bond donors (Lipinski definition) is 0. The summed E-state index contributed by atoms with van der Waals surface area (Å²) in [5, 5.41) is 24.1. The molecular weight excluding hydrogens is 777 g/mol. The van der Waals surface area contributed by atoms with Gasteiger partial charge < -0.3 is 0 Å². The van der Waals surface area contributed by atoms with Crippen molar-refractivity contribution >= 4 is 130 Å². The molecule has 0 aliphatic heterocycles. The van der Waals surface area contributed by atoms with Gasteiger partial charge in [-0.2, -0.15) is 0 Å². The molecule has 0 amide bonds. The zero-order valence-corrected chi connectivity index (χ0v) is 35.0. The number of fused-ring (bicyclic) bond motifs is 15. The Bertz CT molecular complexity index is 4560. The topological polar surface area (TPSA) is 51.6 Å². The first kappa shape index (κ1) is 34.3. The minimum Gasteiger partial charge on any atom is -0.254 e. The second-order valence-electron chi connectivity index (χ2n) is 17.9. The summed E-state index contributed by atoms with van der Waals surface area (Å²) in [6.45, 7) is 4.45. The fourth-order valence-corrected chi connectivity index (χ4v) is 11.6. The highest BCUT2D eigenvalue weighted by Gasteiger charge is 2.27. The molecule has 0 fully saturated rings. The van der Waals surface area contributed by atoms with Gasteiger partial charge in [-0.1, -0.05) is 115 Å². The molecule has 0 radical (unpaired) electrons. The summed E-state index contributed by atoms with van der Waals surface area (Å²) >= 11 is 0. The largest absolute Gasteiger partial charge is 0.254 e. The van der Waals surface area contributed by atoms with Gasteiger partial charge in [0.05, 0.1) is 33.5 Å². The Morgan fingerprint density at radius 1 is 0.281 bits per heavy atom. The minimum absolute atomic E-state index is 0.905. The minimum atomic E-state index is 0.905. The van der Waals surface area contributed by atoms with Crippen LogP contribution in [0.25, 0.3) is 152 Å². The van der Waals surface area contributed by atoms with Gasteiger partial charge in [0.15, 0.2) is 0 Å². The van der Waals surface area contributed by atoms with E-state index in [0.717, 1.165) is 76.9 Å². The summed E-state index contributed by atoms with van der Waals surface area (Å²) in [4.78, 5) is 21.1. The quantitative estimate of drug-likeness (QED) is 0.163. The van der Waals surface area contributed by atoms with Gasteiger partial charge in [0.1, 0.15) is 0 Å². The van der Waals surface area contributed by atoms with Gasteiger partial charge in [-0.15, -0.1) is 0 Å². The molecule has 15 aromatic rings. The highest BCUT2D eigenvalue weighted by molar-refractivity contribution is 6.42. The normalized spacial score (nSPS) is 12.5. The third-order valence-corrected chi connectivity index (χ3v) is 14.2.